The summed E-state index contributed by atoms with van der Waals surface area (Å²) >= 11 is 0. The molecule has 5 N–H and O–H groups in total. The lowest BCUT2D eigenvalue weighted by Crippen LogP contribution is -2.66. The van der Waals surface area contributed by atoms with Gasteiger partial charge >= 0.3 is 0 Å². The molecule has 0 saturated heterocycles. The van der Waals surface area contributed by atoms with Gasteiger partial charge in [-0.2, -0.15) is 0 Å². The number of rotatable bonds is 5. The second-order valence-corrected chi connectivity index (χ2v) is 14.9. The largest absolute Gasteiger partial charge is 0.393 e. The molecule has 0 amide bonds. The van der Waals surface area contributed by atoms with Crippen molar-refractivity contribution in [1.82, 2.24) is 0 Å². The molecule has 0 aromatic heterocycles. The van der Waals surface area contributed by atoms with Crippen molar-refractivity contribution >= 4 is 0 Å². The molecule has 0 aromatic carbocycles. The average Bonchev–Trinajstić information content (AvgIpc) is 3.07. The molecule has 0 bridgehead atoms. The van der Waals surface area contributed by atoms with E-state index in [4.69, 9.17) is 0 Å². The van der Waals surface area contributed by atoms with Crippen LogP contribution in [-0.2, 0) is 0 Å². The maximum atomic E-state index is 11.7. The third kappa shape index (κ3) is 3.83. The molecule has 0 aromatic rings. The zero-order chi connectivity index (χ0) is 25.5. The second-order valence-electron chi connectivity index (χ2n) is 14.9. The van der Waals surface area contributed by atoms with Gasteiger partial charge < -0.3 is 25.5 Å². The maximum Gasteiger partial charge on any atom is 0.165 e. The lowest BCUT2D eigenvalue weighted by Gasteiger charge is -2.70. The number of hydrogen-bond acceptors (Lipinski definition) is 5. The normalized spacial score (nSPS) is 48.7. The molecule has 198 valence electrons. The zero-order valence-corrected chi connectivity index (χ0v) is 22.8. The monoisotopic (exact) mass is 480 g/mol. The molecule has 4 unspecified atom stereocenters. The quantitative estimate of drug-likeness (QED) is 0.370. The van der Waals surface area contributed by atoms with Crippen LogP contribution in [0.2, 0.25) is 0 Å². The second kappa shape index (κ2) is 8.15. The highest BCUT2D eigenvalue weighted by Crippen LogP contribution is 2.75. The van der Waals surface area contributed by atoms with E-state index in [-0.39, 0.29) is 46.0 Å². The Balaban J connectivity index is 1.62. The van der Waals surface area contributed by atoms with E-state index in [2.05, 4.69) is 34.6 Å². The Morgan fingerprint density at radius 2 is 1.38 bits per heavy atom. The molecule has 34 heavy (non-hydrogen) atoms. The van der Waals surface area contributed by atoms with E-state index in [1.54, 1.807) is 13.8 Å². The van der Waals surface area contributed by atoms with Crippen LogP contribution in [0.15, 0.2) is 0 Å². The summed E-state index contributed by atoms with van der Waals surface area (Å²) in [6, 6.07) is 0. The van der Waals surface area contributed by atoms with Gasteiger partial charge in [0.2, 0.25) is 0 Å². The maximum absolute atomic E-state index is 11.7. The number of aliphatic hydroxyl groups excluding tert-OH is 2. The summed E-state index contributed by atoms with van der Waals surface area (Å²) in [7, 11) is 0. The molecule has 5 heteroatoms. The van der Waals surface area contributed by atoms with Crippen LogP contribution in [0.4, 0.5) is 0 Å². The van der Waals surface area contributed by atoms with Gasteiger partial charge in [0.05, 0.1) is 17.8 Å². The highest BCUT2D eigenvalue weighted by atomic mass is 16.5. The standard InChI is InChI=1S/C29H52O5/c1-24(2,32)12-8-13-29(33,34)18-9-15-28(7)23(18)19(30)17-21-26(5)14-11-22(31)25(3,4)20(26)10-16-27(21,28)6/h18-23,30-34H,8-17H2,1-7H3/t18?,19-,20?,21?,22+,23?,26+,27-,28-/m1/s1. The van der Waals surface area contributed by atoms with Crippen molar-refractivity contribution in [2.24, 2.45) is 45.3 Å². The molecule has 4 fully saturated rings. The summed E-state index contributed by atoms with van der Waals surface area (Å²) in [5.74, 6) is -1.50. The van der Waals surface area contributed by atoms with Gasteiger partial charge in [-0.15, -0.1) is 0 Å². The first-order valence-corrected chi connectivity index (χ1v) is 13.9. The van der Waals surface area contributed by atoms with Crippen LogP contribution < -0.4 is 0 Å². The minimum absolute atomic E-state index is 0.0262. The molecule has 0 radical (unpaired) electrons. The van der Waals surface area contributed by atoms with Crippen molar-refractivity contribution < 1.29 is 25.5 Å². The molecule has 0 aliphatic heterocycles. The molecular formula is C29H52O5. The Morgan fingerprint density at radius 1 is 0.765 bits per heavy atom. The predicted octanol–water partition coefficient (Wildman–Crippen LogP) is 4.63. The van der Waals surface area contributed by atoms with E-state index in [1.165, 1.54) is 0 Å². The van der Waals surface area contributed by atoms with Gasteiger partial charge in [-0.25, -0.2) is 0 Å². The van der Waals surface area contributed by atoms with Gasteiger partial charge in [0.25, 0.3) is 0 Å². The van der Waals surface area contributed by atoms with E-state index >= 15 is 0 Å². The SMILES string of the molecule is CC(C)(O)CCCC(O)(O)C1CC[C@]2(C)C1[C@H](O)CC1[C@@]3(C)CC[C@H](O)C(C)(C)C3CC[C@]12C. The highest BCUT2D eigenvalue weighted by molar-refractivity contribution is 5.19. The van der Waals surface area contributed by atoms with Crippen molar-refractivity contribution in [3.63, 3.8) is 0 Å². The minimum Gasteiger partial charge on any atom is -0.393 e. The fourth-order valence-electron chi connectivity index (χ4n) is 10.2. The summed E-state index contributed by atoms with van der Waals surface area (Å²) in [5, 5.41) is 55.0. The first-order chi connectivity index (χ1) is 15.4. The van der Waals surface area contributed by atoms with E-state index in [9.17, 15) is 25.5 Å². The third-order valence-corrected chi connectivity index (χ3v) is 12.3. The van der Waals surface area contributed by atoms with Crippen molar-refractivity contribution in [3.05, 3.63) is 0 Å². The van der Waals surface area contributed by atoms with Crippen LogP contribution in [0.1, 0.15) is 113 Å². The Kier molecular flexibility index (Phi) is 6.44. The average molecular weight is 481 g/mol. The number of hydrogen-bond donors (Lipinski definition) is 5. The molecule has 0 spiro atoms. The summed E-state index contributed by atoms with van der Waals surface area (Å²) in [5.41, 5.74) is -0.994. The van der Waals surface area contributed by atoms with Gasteiger partial charge in [-0.05, 0) is 111 Å². The molecule has 0 heterocycles. The molecule has 9 atom stereocenters. The third-order valence-electron chi connectivity index (χ3n) is 12.3. The zero-order valence-electron chi connectivity index (χ0n) is 22.8. The fourth-order valence-corrected chi connectivity index (χ4v) is 10.2. The summed E-state index contributed by atoms with van der Waals surface area (Å²) < 4.78 is 0. The van der Waals surface area contributed by atoms with E-state index in [0.29, 0.717) is 31.1 Å². The molecule has 5 nitrogen and oxygen atoms in total. The Labute approximate surface area is 207 Å². The first-order valence-electron chi connectivity index (χ1n) is 13.9. The lowest BCUT2D eigenvalue weighted by molar-refractivity contribution is -0.268. The summed E-state index contributed by atoms with van der Waals surface area (Å²) in [6.45, 7) is 15.2. The molecule has 4 aliphatic carbocycles. The topological polar surface area (TPSA) is 101 Å². The smallest absolute Gasteiger partial charge is 0.165 e. The summed E-state index contributed by atoms with van der Waals surface area (Å²) in [4.78, 5) is 0. The van der Waals surface area contributed by atoms with Gasteiger partial charge in [-0.3, -0.25) is 0 Å². The summed E-state index contributed by atoms with van der Waals surface area (Å²) in [6.07, 6.45) is 6.81. The number of fused-ring (bicyclic) bond motifs is 5. The fraction of sp³-hybridized carbons (Fsp3) is 1.00. The minimum atomic E-state index is -1.82. The molecule has 4 saturated carbocycles. The van der Waals surface area contributed by atoms with Crippen molar-refractivity contribution in [1.29, 1.82) is 0 Å². The Hall–Kier alpha value is -0.200. The highest BCUT2D eigenvalue weighted by Gasteiger charge is 2.71. The van der Waals surface area contributed by atoms with Crippen molar-refractivity contribution in [2.45, 2.75) is 136 Å². The van der Waals surface area contributed by atoms with Gasteiger partial charge in [0.15, 0.2) is 5.79 Å². The Morgan fingerprint density at radius 3 is 2.00 bits per heavy atom. The molecule has 4 rings (SSSR count). The van der Waals surface area contributed by atoms with Crippen LogP contribution in [0.5, 0.6) is 0 Å². The van der Waals surface area contributed by atoms with E-state index in [1.807, 2.05) is 0 Å². The molecular weight excluding hydrogens is 428 g/mol. The molecule has 4 aliphatic rings. The van der Waals surface area contributed by atoms with Crippen LogP contribution in [0, 0.1) is 45.3 Å². The van der Waals surface area contributed by atoms with Crippen LogP contribution >= 0.6 is 0 Å². The van der Waals surface area contributed by atoms with Crippen molar-refractivity contribution in [2.75, 3.05) is 0 Å². The predicted molar refractivity (Wildman–Crippen MR) is 134 cm³/mol. The Bertz CT molecular complexity index is 771. The van der Waals surface area contributed by atoms with Gasteiger partial charge in [-0.1, -0.05) is 34.6 Å². The van der Waals surface area contributed by atoms with Gasteiger partial charge in [0.1, 0.15) is 0 Å². The van der Waals surface area contributed by atoms with Crippen LogP contribution in [0.25, 0.3) is 0 Å². The van der Waals surface area contributed by atoms with E-state index < -0.39 is 17.5 Å². The van der Waals surface area contributed by atoms with Crippen molar-refractivity contribution in [3.8, 4) is 0 Å². The first kappa shape index (κ1) is 26.9. The number of aliphatic hydroxyl groups is 5. The van der Waals surface area contributed by atoms with E-state index in [0.717, 1.165) is 38.5 Å². The van der Waals surface area contributed by atoms with Crippen LogP contribution in [-0.4, -0.2) is 49.1 Å². The lowest BCUT2D eigenvalue weighted by atomic mass is 9.35. The van der Waals surface area contributed by atoms with Crippen LogP contribution in [0.3, 0.4) is 0 Å². The van der Waals surface area contributed by atoms with Gasteiger partial charge in [0, 0.05) is 12.3 Å².